The van der Waals surface area contributed by atoms with Crippen LogP contribution < -0.4 is 15.4 Å². The number of hydrogen-bond acceptors (Lipinski definition) is 4. The maximum atomic E-state index is 12.6. The molecule has 1 aromatic carbocycles. The average Bonchev–Trinajstić information content (AvgIpc) is 2.53. The Morgan fingerprint density at radius 3 is 2.85 bits per heavy atom. The quantitative estimate of drug-likeness (QED) is 0.806. The maximum absolute atomic E-state index is 12.6. The van der Waals surface area contributed by atoms with Crippen molar-refractivity contribution in [3.05, 3.63) is 29.8 Å². The Morgan fingerprint density at radius 2 is 2.15 bits per heavy atom. The lowest BCUT2D eigenvalue weighted by molar-refractivity contribution is -0.125. The van der Waals surface area contributed by atoms with Crippen LogP contribution >= 0.6 is 0 Å². The zero-order chi connectivity index (χ0) is 14.5. The second-order valence-electron chi connectivity index (χ2n) is 4.53. The number of ether oxygens (including phenoxy) is 1. The molecule has 1 fully saturated rings. The SMILES string of the molecule is CNC(=O)C1CNCCN1C(=O)c1ccccc1OC. The first-order valence-electron chi connectivity index (χ1n) is 6.55. The molecule has 2 rings (SSSR count). The van der Waals surface area contributed by atoms with Crippen molar-refractivity contribution in [2.45, 2.75) is 6.04 Å². The normalized spacial score (nSPS) is 18.5. The van der Waals surface area contributed by atoms with Gasteiger partial charge in [0.25, 0.3) is 5.91 Å². The third-order valence-electron chi connectivity index (χ3n) is 3.39. The summed E-state index contributed by atoms with van der Waals surface area (Å²) in [6.45, 7) is 1.63. The fourth-order valence-corrected chi connectivity index (χ4v) is 2.32. The second-order valence-corrected chi connectivity index (χ2v) is 4.53. The standard InChI is InChI=1S/C14H19N3O3/c1-15-13(18)11-9-16-7-8-17(11)14(19)10-5-3-4-6-12(10)20-2/h3-6,11,16H,7-9H2,1-2H3,(H,15,18). The second kappa shape index (κ2) is 6.38. The van der Waals surface area contributed by atoms with Gasteiger partial charge >= 0.3 is 0 Å². The summed E-state index contributed by atoms with van der Waals surface area (Å²) < 4.78 is 5.22. The van der Waals surface area contributed by atoms with Crippen LogP contribution in [-0.2, 0) is 4.79 Å². The predicted molar refractivity (Wildman–Crippen MR) is 74.8 cm³/mol. The predicted octanol–water partition coefficient (Wildman–Crippen LogP) is -0.145. The van der Waals surface area contributed by atoms with E-state index < -0.39 is 6.04 Å². The molecule has 0 spiro atoms. The van der Waals surface area contributed by atoms with E-state index >= 15 is 0 Å². The van der Waals surface area contributed by atoms with Gasteiger partial charge in [0.05, 0.1) is 12.7 Å². The van der Waals surface area contributed by atoms with Gasteiger partial charge in [0.2, 0.25) is 5.91 Å². The molecular formula is C14H19N3O3. The first-order valence-corrected chi connectivity index (χ1v) is 6.55. The minimum Gasteiger partial charge on any atom is -0.496 e. The van der Waals surface area contributed by atoms with Gasteiger partial charge in [-0.15, -0.1) is 0 Å². The Hall–Kier alpha value is -2.08. The van der Waals surface area contributed by atoms with Crippen molar-refractivity contribution in [1.29, 1.82) is 0 Å². The van der Waals surface area contributed by atoms with E-state index in [2.05, 4.69) is 10.6 Å². The van der Waals surface area contributed by atoms with E-state index in [1.165, 1.54) is 7.11 Å². The highest BCUT2D eigenvalue weighted by molar-refractivity contribution is 5.99. The molecule has 20 heavy (non-hydrogen) atoms. The van der Waals surface area contributed by atoms with Crippen LogP contribution in [0.2, 0.25) is 0 Å². The van der Waals surface area contributed by atoms with Gasteiger partial charge in [-0.2, -0.15) is 0 Å². The van der Waals surface area contributed by atoms with Crippen LogP contribution in [0.3, 0.4) is 0 Å². The summed E-state index contributed by atoms with van der Waals surface area (Å²) >= 11 is 0. The van der Waals surface area contributed by atoms with Gasteiger partial charge in [-0.25, -0.2) is 0 Å². The molecule has 1 heterocycles. The first kappa shape index (κ1) is 14.3. The lowest BCUT2D eigenvalue weighted by Crippen LogP contribution is -2.59. The zero-order valence-electron chi connectivity index (χ0n) is 11.7. The molecule has 2 N–H and O–H groups in total. The van der Waals surface area contributed by atoms with Gasteiger partial charge in [-0.1, -0.05) is 12.1 Å². The van der Waals surface area contributed by atoms with Crippen LogP contribution in [0, 0.1) is 0 Å². The number of benzene rings is 1. The number of hydrogen-bond donors (Lipinski definition) is 2. The Labute approximate surface area is 118 Å². The largest absolute Gasteiger partial charge is 0.496 e. The summed E-state index contributed by atoms with van der Waals surface area (Å²) in [5.74, 6) is 0.171. The topological polar surface area (TPSA) is 70.7 Å². The molecule has 0 saturated carbocycles. The van der Waals surface area contributed by atoms with Gasteiger partial charge in [0.15, 0.2) is 0 Å². The monoisotopic (exact) mass is 277 g/mol. The molecule has 1 saturated heterocycles. The summed E-state index contributed by atoms with van der Waals surface area (Å²) in [7, 11) is 3.10. The van der Waals surface area contributed by atoms with E-state index in [9.17, 15) is 9.59 Å². The molecule has 6 heteroatoms. The molecule has 0 bridgehead atoms. The number of nitrogens with one attached hydrogen (secondary N) is 2. The highest BCUT2D eigenvalue weighted by Crippen LogP contribution is 2.21. The van der Waals surface area contributed by atoms with Crippen molar-refractivity contribution >= 4 is 11.8 Å². The average molecular weight is 277 g/mol. The summed E-state index contributed by atoms with van der Waals surface area (Å²) in [6.07, 6.45) is 0. The van der Waals surface area contributed by atoms with E-state index in [1.54, 1.807) is 30.1 Å². The molecule has 1 aliphatic rings. The first-order chi connectivity index (χ1) is 9.69. The van der Waals surface area contributed by atoms with E-state index in [0.29, 0.717) is 30.9 Å². The van der Waals surface area contributed by atoms with Gasteiger partial charge in [-0.3, -0.25) is 9.59 Å². The van der Waals surface area contributed by atoms with Crippen molar-refractivity contribution in [2.24, 2.45) is 0 Å². The molecular weight excluding hydrogens is 258 g/mol. The van der Waals surface area contributed by atoms with Gasteiger partial charge < -0.3 is 20.3 Å². The van der Waals surface area contributed by atoms with Crippen LogP contribution in [0.5, 0.6) is 5.75 Å². The summed E-state index contributed by atoms with van der Waals surface area (Å²) in [6, 6.07) is 6.55. The highest BCUT2D eigenvalue weighted by Gasteiger charge is 2.32. The third kappa shape index (κ3) is 2.75. The minimum atomic E-state index is -0.494. The van der Waals surface area contributed by atoms with E-state index in [-0.39, 0.29) is 11.8 Å². The molecule has 6 nitrogen and oxygen atoms in total. The van der Waals surface area contributed by atoms with Crippen molar-refractivity contribution in [2.75, 3.05) is 33.8 Å². The number of carbonyl (C=O) groups is 2. The van der Waals surface area contributed by atoms with Crippen LogP contribution in [0.4, 0.5) is 0 Å². The summed E-state index contributed by atoms with van der Waals surface area (Å²) in [4.78, 5) is 26.1. The number of methoxy groups -OCH3 is 1. The van der Waals surface area contributed by atoms with Crippen LogP contribution in [-0.4, -0.2) is 56.5 Å². The van der Waals surface area contributed by atoms with Crippen LogP contribution in [0.15, 0.2) is 24.3 Å². The third-order valence-corrected chi connectivity index (χ3v) is 3.39. The van der Waals surface area contributed by atoms with Crippen molar-refractivity contribution in [3.63, 3.8) is 0 Å². The van der Waals surface area contributed by atoms with Gasteiger partial charge in [0.1, 0.15) is 11.8 Å². The van der Waals surface area contributed by atoms with Gasteiger partial charge in [0, 0.05) is 26.7 Å². The van der Waals surface area contributed by atoms with Gasteiger partial charge in [-0.05, 0) is 12.1 Å². The Bertz CT molecular complexity index is 504. The number of piperazine rings is 1. The highest BCUT2D eigenvalue weighted by atomic mass is 16.5. The molecule has 0 aromatic heterocycles. The Kier molecular flexibility index (Phi) is 4.57. The van der Waals surface area contributed by atoms with Crippen molar-refractivity contribution in [1.82, 2.24) is 15.5 Å². The van der Waals surface area contributed by atoms with Crippen LogP contribution in [0.1, 0.15) is 10.4 Å². The smallest absolute Gasteiger partial charge is 0.258 e. The lowest BCUT2D eigenvalue weighted by atomic mass is 10.1. The number of rotatable bonds is 3. The van der Waals surface area contributed by atoms with E-state index in [1.807, 2.05) is 6.07 Å². The zero-order valence-corrected chi connectivity index (χ0v) is 11.7. The Morgan fingerprint density at radius 1 is 1.40 bits per heavy atom. The molecule has 1 aromatic rings. The molecule has 108 valence electrons. The number of likely N-dealkylation sites (N-methyl/N-ethyl adjacent to an activating group) is 1. The maximum Gasteiger partial charge on any atom is 0.258 e. The summed E-state index contributed by atoms with van der Waals surface area (Å²) in [5.41, 5.74) is 0.478. The number of amides is 2. The minimum absolute atomic E-state index is 0.166. The number of para-hydroxylation sites is 1. The molecule has 2 amide bonds. The number of nitrogens with zero attached hydrogens (tertiary/aromatic N) is 1. The Balaban J connectivity index is 2.27. The fraction of sp³-hybridized carbons (Fsp3) is 0.429. The molecule has 1 aliphatic heterocycles. The number of carbonyl (C=O) groups excluding carboxylic acids is 2. The summed E-state index contributed by atoms with van der Waals surface area (Å²) in [5, 5.41) is 5.72. The molecule has 1 unspecified atom stereocenters. The van der Waals surface area contributed by atoms with E-state index in [4.69, 9.17) is 4.74 Å². The van der Waals surface area contributed by atoms with E-state index in [0.717, 1.165) is 0 Å². The lowest BCUT2D eigenvalue weighted by Gasteiger charge is -2.35. The van der Waals surface area contributed by atoms with Crippen molar-refractivity contribution < 1.29 is 14.3 Å². The van der Waals surface area contributed by atoms with Crippen LogP contribution in [0.25, 0.3) is 0 Å². The van der Waals surface area contributed by atoms with Crippen molar-refractivity contribution in [3.8, 4) is 5.75 Å². The fourth-order valence-electron chi connectivity index (χ4n) is 2.32. The molecule has 0 aliphatic carbocycles. The molecule has 1 atom stereocenters. The molecule has 0 radical (unpaired) electrons.